The van der Waals surface area contributed by atoms with Gasteiger partial charge in [-0.15, -0.1) is 11.3 Å². The van der Waals surface area contributed by atoms with Crippen LogP contribution in [0.4, 0.5) is 0 Å². The predicted octanol–water partition coefficient (Wildman–Crippen LogP) is 4.90. The first-order valence-corrected chi connectivity index (χ1v) is 9.16. The van der Waals surface area contributed by atoms with E-state index in [0.717, 1.165) is 12.0 Å². The van der Waals surface area contributed by atoms with Crippen molar-refractivity contribution < 1.29 is 0 Å². The van der Waals surface area contributed by atoms with Crippen molar-refractivity contribution >= 4 is 33.9 Å². The van der Waals surface area contributed by atoms with Crippen LogP contribution >= 0.6 is 33.9 Å². The molecule has 0 aliphatic heterocycles. The summed E-state index contributed by atoms with van der Waals surface area (Å²) < 4.78 is 1.46. The van der Waals surface area contributed by atoms with E-state index in [9.17, 15) is 0 Å². The van der Waals surface area contributed by atoms with Crippen molar-refractivity contribution in [1.29, 1.82) is 0 Å². The molecule has 0 radical (unpaired) electrons. The highest BCUT2D eigenvalue weighted by molar-refractivity contribution is 14.1. The van der Waals surface area contributed by atoms with E-state index < -0.39 is 0 Å². The van der Waals surface area contributed by atoms with Crippen LogP contribution in [0.2, 0.25) is 0 Å². The van der Waals surface area contributed by atoms with Crippen LogP contribution in [0.25, 0.3) is 0 Å². The molecule has 2 aliphatic carbocycles. The van der Waals surface area contributed by atoms with Crippen molar-refractivity contribution in [1.82, 2.24) is 5.32 Å². The Morgan fingerprint density at radius 2 is 2.00 bits per heavy atom. The molecule has 18 heavy (non-hydrogen) atoms. The van der Waals surface area contributed by atoms with Gasteiger partial charge in [0.15, 0.2) is 0 Å². The zero-order chi connectivity index (χ0) is 12.5. The van der Waals surface area contributed by atoms with E-state index in [4.69, 9.17) is 0 Å². The van der Waals surface area contributed by atoms with Gasteiger partial charge in [-0.25, -0.2) is 0 Å². The summed E-state index contributed by atoms with van der Waals surface area (Å²) in [4.78, 5) is 1.65. The van der Waals surface area contributed by atoms with Gasteiger partial charge in [-0.2, -0.15) is 0 Å². The Morgan fingerprint density at radius 1 is 1.22 bits per heavy atom. The Balaban J connectivity index is 1.67. The topological polar surface area (TPSA) is 12.0 Å². The lowest BCUT2D eigenvalue weighted by molar-refractivity contribution is 0.278. The lowest BCUT2D eigenvalue weighted by Gasteiger charge is -2.32. The molecule has 3 heteroatoms. The number of hydrogen-bond acceptors (Lipinski definition) is 2. The maximum absolute atomic E-state index is 3.95. The van der Waals surface area contributed by atoms with Gasteiger partial charge in [-0.3, -0.25) is 0 Å². The highest BCUT2D eigenvalue weighted by atomic mass is 127. The average molecular weight is 375 g/mol. The summed E-state index contributed by atoms with van der Waals surface area (Å²) in [5, 5.41) is 3.95. The monoisotopic (exact) mass is 375 g/mol. The fraction of sp³-hybridized carbons (Fsp3) is 0.733. The second kappa shape index (κ2) is 5.80. The number of halogens is 1. The van der Waals surface area contributed by atoms with E-state index in [1.54, 1.807) is 10.4 Å². The normalized spacial score (nSPS) is 32.2. The molecule has 0 amide bonds. The van der Waals surface area contributed by atoms with Crippen LogP contribution in [-0.4, -0.2) is 6.04 Å². The van der Waals surface area contributed by atoms with Gasteiger partial charge in [0.05, 0.1) is 2.88 Å². The molecule has 1 fully saturated rings. The molecule has 1 heterocycles. The largest absolute Gasteiger partial charge is 0.307 e. The molecule has 1 aromatic heterocycles. The molecule has 2 aliphatic rings. The molecule has 1 N–H and O–H groups in total. The minimum atomic E-state index is 0.645. The standard InChI is InChI=1S/C15H22INS/c1-10-5-7-11(8-6-10)17-13-3-2-4-14-12(13)9-15(16)18-14/h9-11,13,17H,2-8H2,1H3. The molecule has 1 nitrogen and oxygen atoms in total. The van der Waals surface area contributed by atoms with Gasteiger partial charge in [0.25, 0.3) is 0 Å². The molecular formula is C15H22INS. The van der Waals surface area contributed by atoms with E-state index in [1.807, 2.05) is 11.3 Å². The van der Waals surface area contributed by atoms with E-state index in [1.165, 1.54) is 47.8 Å². The van der Waals surface area contributed by atoms with Crippen molar-refractivity contribution in [2.75, 3.05) is 0 Å². The van der Waals surface area contributed by atoms with E-state index >= 15 is 0 Å². The Labute approximate surface area is 128 Å². The van der Waals surface area contributed by atoms with E-state index in [0.29, 0.717) is 6.04 Å². The van der Waals surface area contributed by atoms with Crippen molar-refractivity contribution in [2.24, 2.45) is 5.92 Å². The summed E-state index contributed by atoms with van der Waals surface area (Å²) in [5.41, 5.74) is 1.62. The van der Waals surface area contributed by atoms with Gasteiger partial charge in [0, 0.05) is 17.0 Å². The molecule has 3 rings (SSSR count). The minimum absolute atomic E-state index is 0.645. The third kappa shape index (κ3) is 2.93. The molecule has 0 saturated heterocycles. The van der Waals surface area contributed by atoms with Crippen molar-refractivity contribution in [2.45, 2.75) is 64.0 Å². The number of nitrogens with one attached hydrogen (secondary N) is 1. The number of hydrogen-bond donors (Lipinski definition) is 1. The molecule has 0 spiro atoms. The van der Waals surface area contributed by atoms with Gasteiger partial charge in [-0.1, -0.05) is 6.92 Å². The van der Waals surface area contributed by atoms with Crippen LogP contribution in [0.15, 0.2) is 6.07 Å². The van der Waals surface area contributed by atoms with Gasteiger partial charge in [0.2, 0.25) is 0 Å². The quantitative estimate of drug-likeness (QED) is 0.726. The van der Waals surface area contributed by atoms with Gasteiger partial charge >= 0.3 is 0 Å². The Morgan fingerprint density at radius 3 is 2.78 bits per heavy atom. The summed E-state index contributed by atoms with van der Waals surface area (Å²) in [6.45, 7) is 2.40. The van der Waals surface area contributed by atoms with Crippen molar-refractivity contribution in [3.8, 4) is 0 Å². The first kappa shape index (κ1) is 13.4. The summed E-state index contributed by atoms with van der Waals surface area (Å²) in [6.07, 6.45) is 9.61. The number of fused-ring (bicyclic) bond motifs is 1. The molecule has 100 valence electrons. The molecule has 1 atom stereocenters. The molecular weight excluding hydrogens is 353 g/mol. The third-order valence-electron chi connectivity index (χ3n) is 4.54. The predicted molar refractivity (Wildman–Crippen MR) is 87.3 cm³/mol. The van der Waals surface area contributed by atoms with Crippen LogP contribution in [0.3, 0.4) is 0 Å². The molecule has 0 aromatic carbocycles. The zero-order valence-corrected chi connectivity index (χ0v) is 14.0. The first-order chi connectivity index (χ1) is 8.72. The van der Waals surface area contributed by atoms with Crippen molar-refractivity contribution in [3.05, 3.63) is 19.4 Å². The second-order valence-corrected chi connectivity index (χ2v) is 9.03. The number of thiophene rings is 1. The summed E-state index contributed by atoms with van der Waals surface area (Å²) >= 11 is 4.48. The van der Waals surface area contributed by atoms with Crippen LogP contribution in [-0.2, 0) is 6.42 Å². The summed E-state index contributed by atoms with van der Waals surface area (Å²) in [5.74, 6) is 0.951. The summed E-state index contributed by atoms with van der Waals surface area (Å²) in [7, 11) is 0. The maximum atomic E-state index is 3.95. The molecule has 0 bridgehead atoms. The molecule has 1 saturated carbocycles. The van der Waals surface area contributed by atoms with E-state index in [-0.39, 0.29) is 0 Å². The van der Waals surface area contributed by atoms with Crippen LogP contribution < -0.4 is 5.32 Å². The first-order valence-electron chi connectivity index (χ1n) is 7.26. The Kier molecular flexibility index (Phi) is 4.31. The Bertz CT molecular complexity index is 407. The van der Waals surface area contributed by atoms with Crippen LogP contribution in [0.5, 0.6) is 0 Å². The fourth-order valence-corrected chi connectivity index (χ4v) is 5.53. The van der Waals surface area contributed by atoms with Gasteiger partial charge in [-0.05, 0) is 85.1 Å². The SMILES string of the molecule is CC1CCC(NC2CCCc3sc(I)cc32)CC1. The minimum Gasteiger partial charge on any atom is -0.307 e. The smallest absolute Gasteiger partial charge is 0.0659 e. The van der Waals surface area contributed by atoms with Gasteiger partial charge < -0.3 is 5.32 Å². The number of rotatable bonds is 2. The van der Waals surface area contributed by atoms with Crippen molar-refractivity contribution in [3.63, 3.8) is 0 Å². The van der Waals surface area contributed by atoms with Crippen LogP contribution in [0.1, 0.15) is 61.9 Å². The van der Waals surface area contributed by atoms with Crippen LogP contribution in [0, 0.1) is 8.80 Å². The van der Waals surface area contributed by atoms with E-state index in [2.05, 4.69) is 40.9 Å². The lowest BCUT2D eigenvalue weighted by Crippen LogP contribution is -2.36. The van der Waals surface area contributed by atoms with Gasteiger partial charge in [0.1, 0.15) is 0 Å². The summed E-state index contributed by atoms with van der Waals surface area (Å²) in [6, 6.07) is 3.84. The maximum Gasteiger partial charge on any atom is 0.0659 e. The third-order valence-corrected chi connectivity index (χ3v) is 6.51. The number of aryl methyl sites for hydroxylation is 1. The fourth-order valence-electron chi connectivity index (χ4n) is 3.41. The Hall–Kier alpha value is 0.390. The molecule has 1 unspecified atom stereocenters. The highest BCUT2D eigenvalue weighted by Crippen LogP contribution is 2.37. The average Bonchev–Trinajstić information content (AvgIpc) is 2.73. The zero-order valence-electron chi connectivity index (χ0n) is 11.0. The second-order valence-electron chi connectivity index (χ2n) is 6.00. The highest BCUT2D eigenvalue weighted by Gasteiger charge is 2.26. The molecule has 1 aromatic rings. The lowest BCUT2D eigenvalue weighted by atomic mass is 9.85.